The van der Waals surface area contributed by atoms with Gasteiger partial charge in [0.05, 0.1) is 4.47 Å². The lowest BCUT2D eigenvalue weighted by Gasteiger charge is -2.28. The fourth-order valence-corrected chi connectivity index (χ4v) is 2.35. The Kier molecular flexibility index (Phi) is 4.74. The Morgan fingerprint density at radius 3 is 2.65 bits per heavy atom. The zero-order valence-corrected chi connectivity index (χ0v) is 11.8. The van der Waals surface area contributed by atoms with Gasteiger partial charge in [0.2, 0.25) is 5.95 Å². The summed E-state index contributed by atoms with van der Waals surface area (Å²) in [6, 6.07) is 0. The molecule has 1 aliphatic rings. The third kappa shape index (κ3) is 4.24. The molecule has 1 aromatic rings. The summed E-state index contributed by atoms with van der Waals surface area (Å²) in [5, 5.41) is 3.27. The molecule has 0 saturated carbocycles. The molecule has 2 heterocycles. The zero-order valence-electron chi connectivity index (χ0n) is 10.2. The van der Waals surface area contributed by atoms with E-state index in [0.717, 1.165) is 22.9 Å². The summed E-state index contributed by atoms with van der Waals surface area (Å²) in [6.45, 7) is 3.44. The van der Waals surface area contributed by atoms with Gasteiger partial charge in [-0.1, -0.05) is 0 Å². The Morgan fingerprint density at radius 2 is 2.00 bits per heavy atom. The molecule has 4 nitrogen and oxygen atoms in total. The van der Waals surface area contributed by atoms with Crippen LogP contribution in [0.3, 0.4) is 0 Å². The van der Waals surface area contributed by atoms with Crippen LogP contribution in [-0.2, 0) is 0 Å². The molecule has 1 saturated heterocycles. The zero-order chi connectivity index (χ0) is 12.1. The minimum atomic E-state index is 0.723. The molecule has 0 aliphatic carbocycles. The number of nitrogens with zero attached hydrogens (tertiary/aromatic N) is 3. The van der Waals surface area contributed by atoms with Gasteiger partial charge in [0.1, 0.15) is 0 Å². The van der Waals surface area contributed by atoms with Gasteiger partial charge in [-0.05, 0) is 61.2 Å². The standard InChI is InChI=1S/C12H19BrN4/c1-17-6-3-10(4-7-17)2-5-14-12-15-8-11(13)9-16-12/h8-10H,2-7H2,1H3,(H,14,15,16). The first-order valence-electron chi connectivity index (χ1n) is 6.14. The first-order chi connectivity index (χ1) is 8.24. The van der Waals surface area contributed by atoms with E-state index in [4.69, 9.17) is 0 Å². The number of hydrogen-bond donors (Lipinski definition) is 1. The van der Waals surface area contributed by atoms with Crippen molar-refractivity contribution >= 4 is 21.9 Å². The monoisotopic (exact) mass is 298 g/mol. The van der Waals surface area contributed by atoms with Gasteiger partial charge in [-0.2, -0.15) is 0 Å². The predicted molar refractivity (Wildman–Crippen MR) is 73.1 cm³/mol. The summed E-state index contributed by atoms with van der Waals surface area (Å²) in [5.74, 6) is 1.58. The van der Waals surface area contributed by atoms with Gasteiger partial charge >= 0.3 is 0 Å². The molecule has 0 atom stereocenters. The minimum absolute atomic E-state index is 0.723. The van der Waals surface area contributed by atoms with Gasteiger partial charge in [-0.15, -0.1) is 0 Å². The molecule has 94 valence electrons. The van der Waals surface area contributed by atoms with E-state index in [2.05, 4.69) is 43.2 Å². The largest absolute Gasteiger partial charge is 0.354 e. The smallest absolute Gasteiger partial charge is 0.222 e. The van der Waals surface area contributed by atoms with Crippen LogP contribution in [0, 0.1) is 5.92 Å². The van der Waals surface area contributed by atoms with Gasteiger partial charge in [-0.3, -0.25) is 0 Å². The fraction of sp³-hybridized carbons (Fsp3) is 0.667. The Morgan fingerprint density at radius 1 is 1.35 bits per heavy atom. The Hall–Kier alpha value is -0.680. The lowest BCUT2D eigenvalue weighted by atomic mass is 9.94. The first kappa shape index (κ1) is 12.8. The molecule has 0 unspecified atom stereocenters. The summed E-state index contributed by atoms with van der Waals surface area (Å²) in [4.78, 5) is 10.8. The van der Waals surface area contributed by atoms with E-state index in [9.17, 15) is 0 Å². The van der Waals surface area contributed by atoms with Crippen molar-refractivity contribution in [3.05, 3.63) is 16.9 Å². The number of nitrogens with one attached hydrogen (secondary N) is 1. The highest BCUT2D eigenvalue weighted by Crippen LogP contribution is 2.19. The second-order valence-electron chi connectivity index (χ2n) is 4.69. The van der Waals surface area contributed by atoms with Crippen LogP contribution in [0.5, 0.6) is 0 Å². The van der Waals surface area contributed by atoms with Crippen LogP contribution in [0.15, 0.2) is 16.9 Å². The SMILES string of the molecule is CN1CCC(CCNc2ncc(Br)cn2)CC1. The van der Waals surface area contributed by atoms with Gasteiger partial charge in [0.15, 0.2) is 0 Å². The van der Waals surface area contributed by atoms with E-state index in [0.29, 0.717) is 0 Å². The maximum Gasteiger partial charge on any atom is 0.222 e. The van der Waals surface area contributed by atoms with E-state index in [1.54, 1.807) is 12.4 Å². The van der Waals surface area contributed by atoms with Gasteiger partial charge < -0.3 is 10.2 Å². The third-order valence-electron chi connectivity index (χ3n) is 3.29. The number of aromatic nitrogens is 2. The molecule has 17 heavy (non-hydrogen) atoms. The molecule has 1 N–H and O–H groups in total. The highest BCUT2D eigenvalue weighted by atomic mass is 79.9. The van der Waals surface area contributed by atoms with Crippen molar-refractivity contribution in [1.82, 2.24) is 14.9 Å². The number of halogens is 1. The van der Waals surface area contributed by atoms with Crippen molar-refractivity contribution in [1.29, 1.82) is 0 Å². The molecular formula is C12H19BrN4. The molecule has 0 amide bonds. The van der Waals surface area contributed by atoms with E-state index in [-0.39, 0.29) is 0 Å². The van der Waals surface area contributed by atoms with E-state index >= 15 is 0 Å². The van der Waals surface area contributed by atoms with Crippen molar-refractivity contribution < 1.29 is 0 Å². The Bertz CT molecular complexity index is 333. The fourth-order valence-electron chi connectivity index (χ4n) is 2.14. The van der Waals surface area contributed by atoms with Crippen LogP contribution in [-0.4, -0.2) is 41.5 Å². The molecule has 0 spiro atoms. The Labute approximate surface area is 111 Å². The second kappa shape index (κ2) is 6.31. The molecule has 1 aliphatic heterocycles. The van der Waals surface area contributed by atoms with E-state index in [1.165, 1.54) is 32.4 Å². The lowest BCUT2D eigenvalue weighted by Crippen LogP contribution is -2.30. The molecule has 0 radical (unpaired) electrons. The van der Waals surface area contributed by atoms with Gasteiger partial charge in [0.25, 0.3) is 0 Å². The summed E-state index contributed by atoms with van der Waals surface area (Å²) < 4.78 is 0.915. The highest BCUT2D eigenvalue weighted by Gasteiger charge is 2.15. The normalized spacial score (nSPS) is 18.2. The van der Waals surface area contributed by atoms with Crippen LogP contribution in [0.2, 0.25) is 0 Å². The highest BCUT2D eigenvalue weighted by molar-refractivity contribution is 9.10. The van der Waals surface area contributed by atoms with Crippen LogP contribution >= 0.6 is 15.9 Å². The number of rotatable bonds is 4. The van der Waals surface area contributed by atoms with Crippen molar-refractivity contribution in [2.24, 2.45) is 5.92 Å². The molecule has 0 aromatic carbocycles. The maximum atomic E-state index is 4.20. The van der Waals surface area contributed by atoms with E-state index < -0.39 is 0 Å². The third-order valence-corrected chi connectivity index (χ3v) is 3.70. The van der Waals surface area contributed by atoms with E-state index in [1.807, 2.05) is 0 Å². The quantitative estimate of drug-likeness (QED) is 0.927. The van der Waals surface area contributed by atoms with Crippen LogP contribution in [0.1, 0.15) is 19.3 Å². The molecule has 1 aromatic heterocycles. The average Bonchev–Trinajstić information content (AvgIpc) is 2.34. The summed E-state index contributed by atoms with van der Waals surface area (Å²) in [6.07, 6.45) is 7.39. The molecule has 5 heteroatoms. The summed E-state index contributed by atoms with van der Waals surface area (Å²) in [5.41, 5.74) is 0. The Balaban J connectivity index is 1.67. The average molecular weight is 299 g/mol. The number of likely N-dealkylation sites (tertiary alicyclic amines) is 1. The maximum absolute atomic E-state index is 4.20. The second-order valence-corrected chi connectivity index (χ2v) is 5.60. The summed E-state index contributed by atoms with van der Waals surface area (Å²) in [7, 11) is 2.20. The molecule has 0 bridgehead atoms. The van der Waals surface area contributed by atoms with Gasteiger partial charge in [-0.25, -0.2) is 9.97 Å². The molecule has 2 rings (SSSR count). The lowest BCUT2D eigenvalue weighted by molar-refractivity contribution is 0.215. The first-order valence-corrected chi connectivity index (χ1v) is 6.93. The van der Waals surface area contributed by atoms with Crippen LogP contribution < -0.4 is 5.32 Å². The number of hydrogen-bond acceptors (Lipinski definition) is 4. The minimum Gasteiger partial charge on any atom is -0.354 e. The van der Waals surface area contributed by atoms with Crippen molar-refractivity contribution in [2.75, 3.05) is 32.0 Å². The predicted octanol–water partition coefficient (Wildman–Crippen LogP) is 2.38. The van der Waals surface area contributed by atoms with Crippen molar-refractivity contribution in [3.63, 3.8) is 0 Å². The molecule has 1 fully saturated rings. The van der Waals surface area contributed by atoms with Crippen LogP contribution in [0.4, 0.5) is 5.95 Å². The molecular weight excluding hydrogens is 280 g/mol. The summed E-state index contributed by atoms with van der Waals surface area (Å²) >= 11 is 3.32. The van der Waals surface area contributed by atoms with Crippen molar-refractivity contribution in [3.8, 4) is 0 Å². The topological polar surface area (TPSA) is 41.0 Å². The number of anilines is 1. The number of piperidine rings is 1. The van der Waals surface area contributed by atoms with Crippen LogP contribution in [0.25, 0.3) is 0 Å². The van der Waals surface area contributed by atoms with Gasteiger partial charge in [0, 0.05) is 18.9 Å². The van der Waals surface area contributed by atoms with Crippen molar-refractivity contribution in [2.45, 2.75) is 19.3 Å².